The van der Waals surface area contributed by atoms with Crippen molar-refractivity contribution in [3.8, 4) is 5.75 Å². The SMILES string of the molecule is CC1(C)C(N2CCN(c3ncccc3O)CC2)C(C)(C)C1(O)c1ccccc1. The van der Waals surface area contributed by atoms with Crippen LogP contribution in [0, 0.1) is 10.8 Å². The fourth-order valence-corrected chi connectivity index (χ4v) is 6.21. The molecule has 1 aromatic carbocycles. The van der Waals surface area contributed by atoms with E-state index in [0.717, 1.165) is 31.7 Å². The zero-order valence-electron chi connectivity index (χ0n) is 17.3. The zero-order chi connectivity index (χ0) is 20.2. The van der Waals surface area contributed by atoms with Crippen molar-refractivity contribution in [3.05, 3.63) is 54.2 Å². The highest BCUT2D eigenvalue weighted by molar-refractivity contribution is 5.51. The summed E-state index contributed by atoms with van der Waals surface area (Å²) >= 11 is 0. The van der Waals surface area contributed by atoms with Crippen LogP contribution in [0.4, 0.5) is 5.82 Å². The molecule has 1 aliphatic heterocycles. The minimum absolute atomic E-state index is 0.235. The summed E-state index contributed by atoms with van der Waals surface area (Å²) < 4.78 is 0. The lowest BCUT2D eigenvalue weighted by Gasteiger charge is -2.72. The maximum Gasteiger partial charge on any atom is 0.171 e. The number of nitrogens with zero attached hydrogens (tertiary/aromatic N) is 3. The smallest absolute Gasteiger partial charge is 0.171 e. The second-order valence-electron chi connectivity index (χ2n) is 9.29. The van der Waals surface area contributed by atoms with Crippen LogP contribution in [0.2, 0.25) is 0 Å². The first kappa shape index (κ1) is 19.2. The monoisotopic (exact) mass is 381 g/mol. The second kappa shape index (κ2) is 6.46. The van der Waals surface area contributed by atoms with Crippen LogP contribution in [-0.2, 0) is 5.60 Å². The van der Waals surface area contributed by atoms with E-state index in [1.165, 1.54) is 0 Å². The predicted octanol–water partition coefficient (Wildman–Crippen LogP) is 3.23. The van der Waals surface area contributed by atoms with Gasteiger partial charge in [0.05, 0.1) is 0 Å². The van der Waals surface area contributed by atoms with Crippen molar-refractivity contribution in [1.29, 1.82) is 0 Å². The number of aromatic hydroxyl groups is 1. The summed E-state index contributed by atoms with van der Waals surface area (Å²) in [6.07, 6.45) is 1.72. The van der Waals surface area contributed by atoms with Gasteiger partial charge < -0.3 is 15.1 Å². The third-order valence-electron chi connectivity index (χ3n) is 7.17. The molecule has 4 rings (SSSR count). The van der Waals surface area contributed by atoms with Crippen LogP contribution in [0.3, 0.4) is 0 Å². The van der Waals surface area contributed by atoms with E-state index in [1.54, 1.807) is 18.3 Å². The molecule has 5 nitrogen and oxygen atoms in total. The zero-order valence-corrected chi connectivity index (χ0v) is 17.3. The van der Waals surface area contributed by atoms with Crippen LogP contribution in [0.15, 0.2) is 48.7 Å². The number of piperazine rings is 1. The van der Waals surface area contributed by atoms with E-state index >= 15 is 0 Å². The van der Waals surface area contributed by atoms with E-state index < -0.39 is 5.60 Å². The molecule has 2 aromatic rings. The van der Waals surface area contributed by atoms with E-state index in [9.17, 15) is 10.2 Å². The Balaban J connectivity index is 1.54. The summed E-state index contributed by atoms with van der Waals surface area (Å²) in [4.78, 5) is 9.00. The second-order valence-corrected chi connectivity index (χ2v) is 9.29. The Morgan fingerprint density at radius 1 is 0.893 bits per heavy atom. The van der Waals surface area contributed by atoms with Gasteiger partial charge in [-0.25, -0.2) is 4.98 Å². The van der Waals surface area contributed by atoms with Gasteiger partial charge in [-0.1, -0.05) is 58.0 Å². The number of hydrogen-bond acceptors (Lipinski definition) is 5. The van der Waals surface area contributed by atoms with Crippen LogP contribution in [0.25, 0.3) is 0 Å². The van der Waals surface area contributed by atoms with Gasteiger partial charge in [0.2, 0.25) is 0 Å². The number of hydrogen-bond donors (Lipinski definition) is 2. The Hall–Kier alpha value is -2.11. The third kappa shape index (κ3) is 2.49. The van der Waals surface area contributed by atoms with Gasteiger partial charge in [-0.15, -0.1) is 0 Å². The molecule has 1 aromatic heterocycles. The Kier molecular flexibility index (Phi) is 4.43. The van der Waals surface area contributed by atoms with Gasteiger partial charge >= 0.3 is 0 Å². The van der Waals surface area contributed by atoms with E-state index in [1.807, 2.05) is 30.3 Å². The minimum Gasteiger partial charge on any atom is -0.504 e. The highest BCUT2D eigenvalue weighted by atomic mass is 16.3. The van der Waals surface area contributed by atoms with Crippen molar-refractivity contribution in [1.82, 2.24) is 9.88 Å². The van der Waals surface area contributed by atoms with Crippen molar-refractivity contribution in [2.45, 2.75) is 39.3 Å². The van der Waals surface area contributed by atoms with Crippen LogP contribution in [-0.4, -0.2) is 52.3 Å². The number of anilines is 1. The molecular formula is C23H31N3O2. The van der Waals surface area contributed by atoms with Gasteiger partial charge in [0.25, 0.3) is 0 Å². The molecule has 0 unspecified atom stereocenters. The summed E-state index contributed by atoms with van der Waals surface area (Å²) in [5.41, 5.74) is -0.416. The van der Waals surface area contributed by atoms with Crippen molar-refractivity contribution in [2.24, 2.45) is 10.8 Å². The number of rotatable bonds is 3. The molecule has 0 spiro atoms. The number of aromatic nitrogens is 1. The topological polar surface area (TPSA) is 59.8 Å². The molecule has 0 amide bonds. The van der Waals surface area contributed by atoms with Gasteiger partial charge in [0.1, 0.15) is 5.60 Å². The van der Waals surface area contributed by atoms with Crippen molar-refractivity contribution >= 4 is 5.82 Å². The van der Waals surface area contributed by atoms with Crippen molar-refractivity contribution in [3.63, 3.8) is 0 Å². The van der Waals surface area contributed by atoms with Crippen LogP contribution >= 0.6 is 0 Å². The van der Waals surface area contributed by atoms with Crippen LogP contribution in [0.1, 0.15) is 33.3 Å². The molecule has 1 saturated carbocycles. The maximum absolute atomic E-state index is 11.8. The lowest BCUT2D eigenvalue weighted by Crippen LogP contribution is -2.79. The lowest BCUT2D eigenvalue weighted by atomic mass is 9.39. The first-order valence-corrected chi connectivity index (χ1v) is 10.1. The first-order chi connectivity index (χ1) is 13.2. The number of benzene rings is 1. The van der Waals surface area contributed by atoms with Gasteiger partial charge in [0.15, 0.2) is 11.6 Å². The summed E-state index contributed by atoms with van der Waals surface area (Å²) in [5, 5.41) is 21.9. The van der Waals surface area contributed by atoms with E-state index in [4.69, 9.17) is 0 Å². The molecular weight excluding hydrogens is 350 g/mol. The average Bonchev–Trinajstić information content (AvgIpc) is 2.68. The molecule has 150 valence electrons. The maximum atomic E-state index is 11.8. The summed E-state index contributed by atoms with van der Waals surface area (Å²) in [6.45, 7) is 12.2. The molecule has 1 aliphatic carbocycles. The van der Waals surface area contributed by atoms with E-state index in [2.05, 4.69) is 42.5 Å². The third-order valence-corrected chi connectivity index (χ3v) is 7.17. The Morgan fingerprint density at radius 2 is 1.50 bits per heavy atom. The predicted molar refractivity (Wildman–Crippen MR) is 111 cm³/mol. The van der Waals surface area contributed by atoms with E-state index in [0.29, 0.717) is 5.82 Å². The molecule has 28 heavy (non-hydrogen) atoms. The van der Waals surface area contributed by atoms with Gasteiger partial charge in [-0.2, -0.15) is 0 Å². The minimum atomic E-state index is -0.873. The Morgan fingerprint density at radius 3 is 2.07 bits per heavy atom. The Bertz CT molecular complexity index is 826. The average molecular weight is 382 g/mol. The fourth-order valence-electron chi connectivity index (χ4n) is 6.21. The summed E-state index contributed by atoms with van der Waals surface area (Å²) in [6, 6.07) is 13.8. The molecule has 2 fully saturated rings. The lowest BCUT2D eigenvalue weighted by molar-refractivity contribution is -0.307. The van der Waals surface area contributed by atoms with Gasteiger partial charge in [0, 0.05) is 49.2 Å². The van der Waals surface area contributed by atoms with Crippen molar-refractivity contribution in [2.75, 3.05) is 31.1 Å². The summed E-state index contributed by atoms with van der Waals surface area (Å²) in [7, 11) is 0. The molecule has 2 N–H and O–H groups in total. The Labute approximate surface area is 167 Å². The number of aliphatic hydroxyl groups is 1. The highest BCUT2D eigenvalue weighted by Crippen LogP contribution is 2.68. The molecule has 5 heteroatoms. The molecule has 1 saturated heterocycles. The normalized spacial score (nSPS) is 29.3. The van der Waals surface area contributed by atoms with E-state index in [-0.39, 0.29) is 22.6 Å². The van der Waals surface area contributed by atoms with Crippen LogP contribution in [0.5, 0.6) is 5.75 Å². The number of pyridine rings is 1. The largest absolute Gasteiger partial charge is 0.504 e. The molecule has 2 aliphatic rings. The quantitative estimate of drug-likeness (QED) is 0.855. The van der Waals surface area contributed by atoms with Gasteiger partial charge in [-0.05, 0) is 17.7 Å². The van der Waals surface area contributed by atoms with Crippen molar-refractivity contribution < 1.29 is 10.2 Å². The molecule has 0 bridgehead atoms. The standard InChI is InChI=1S/C23H31N3O2/c1-21(2)20(22(3,4)23(21,28)17-9-6-5-7-10-17)26-15-13-25(14-16-26)19-18(27)11-8-12-24-19/h5-12,20,27-28H,13-16H2,1-4H3. The van der Waals surface area contributed by atoms with Gasteiger partial charge in [-0.3, -0.25) is 4.90 Å². The summed E-state index contributed by atoms with van der Waals surface area (Å²) in [5.74, 6) is 0.897. The van der Waals surface area contributed by atoms with Crippen LogP contribution < -0.4 is 4.90 Å². The molecule has 0 radical (unpaired) electrons. The molecule has 2 heterocycles. The first-order valence-electron chi connectivity index (χ1n) is 10.1. The molecule has 0 atom stereocenters. The highest BCUT2D eigenvalue weighted by Gasteiger charge is 2.73. The fraction of sp³-hybridized carbons (Fsp3) is 0.522.